The Morgan fingerprint density at radius 2 is 2.02 bits per heavy atom. The normalized spacial score (nSPS) is 30.3. The number of anilines is 1. The molecule has 0 radical (unpaired) electrons. The van der Waals surface area contributed by atoms with Gasteiger partial charge in [-0.25, -0.2) is 0 Å². The summed E-state index contributed by atoms with van der Waals surface area (Å²) in [6.45, 7) is 13.7. The van der Waals surface area contributed by atoms with E-state index in [9.17, 15) is 19.5 Å². The molecule has 2 bridgehead atoms. The number of carbonyl (C=O) groups excluding carboxylic acids is 3. The first-order chi connectivity index (χ1) is 19.1. The zero-order valence-electron chi connectivity index (χ0n) is 23.7. The molecule has 3 saturated heterocycles. The highest BCUT2D eigenvalue weighted by molar-refractivity contribution is 6.34. The van der Waals surface area contributed by atoms with Crippen molar-refractivity contribution >= 4 is 35.1 Å². The third kappa shape index (κ3) is 4.88. The summed E-state index contributed by atoms with van der Waals surface area (Å²) in [5.41, 5.74) is -0.814. The maximum Gasteiger partial charge on any atom is 0.312 e. The van der Waals surface area contributed by atoms with E-state index in [-0.39, 0.29) is 50.5 Å². The molecule has 0 aliphatic carbocycles. The lowest BCUT2D eigenvalue weighted by Crippen LogP contribution is -2.57. The van der Waals surface area contributed by atoms with E-state index in [1.165, 1.54) is 4.90 Å². The van der Waals surface area contributed by atoms with Gasteiger partial charge in [-0.05, 0) is 63.5 Å². The highest BCUT2D eigenvalue weighted by Crippen LogP contribution is 2.65. The monoisotopic (exact) mass is 572 g/mol. The SMILES string of the molecule is C=CCCCCOC(=O)[C@H]1[C@H]2C(=O)N(CCCO)C(C(=O)N(CC=C)c3c(C)cccc3Cl)C23CC(C)[C@]1(C)O3. The quantitative estimate of drug-likeness (QED) is 0.213. The first-order valence-corrected chi connectivity index (χ1v) is 14.5. The second-order valence-electron chi connectivity index (χ2n) is 11.4. The lowest BCUT2D eigenvalue weighted by atomic mass is 9.62. The van der Waals surface area contributed by atoms with Crippen LogP contribution in [-0.4, -0.2) is 71.3 Å². The zero-order chi connectivity index (χ0) is 29.2. The number of aliphatic hydroxyl groups excluding tert-OH is 1. The number of rotatable bonds is 13. The van der Waals surface area contributed by atoms with E-state index < -0.39 is 35.0 Å². The standard InChI is InChI=1S/C31H41ClN2O6/c1-6-8-9-10-18-39-29(38)24-23-27(36)34(16-12-17-35)26(31(23)19-21(4)30(24,5)40-31)28(37)33(15-7-2)25-20(3)13-11-14-22(25)32/h6-7,11,13-14,21,23-24,26,35H,1-2,8-10,12,15-19H2,3-5H3/t21?,23-,24+,26?,30-,31?/m0/s1. The maximum atomic E-state index is 14.6. The van der Waals surface area contributed by atoms with Gasteiger partial charge in [0.05, 0.1) is 28.8 Å². The van der Waals surface area contributed by atoms with E-state index in [1.807, 2.05) is 39.0 Å². The molecule has 0 saturated carbocycles. The molecule has 3 unspecified atom stereocenters. The second kappa shape index (κ2) is 12.0. The summed E-state index contributed by atoms with van der Waals surface area (Å²) in [5.74, 6) is -2.93. The minimum absolute atomic E-state index is 0.0992. The van der Waals surface area contributed by atoms with Crippen LogP contribution in [0.1, 0.15) is 51.5 Å². The molecular weight excluding hydrogens is 532 g/mol. The molecule has 1 aromatic rings. The number of aryl methyl sites for hydroxylation is 1. The fourth-order valence-corrected chi connectivity index (χ4v) is 7.37. The summed E-state index contributed by atoms with van der Waals surface area (Å²) in [6, 6.07) is 4.41. The Hall–Kier alpha value is -2.68. The van der Waals surface area contributed by atoms with Crippen molar-refractivity contribution in [1.29, 1.82) is 0 Å². The molecule has 40 heavy (non-hydrogen) atoms. The van der Waals surface area contributed by atoms with Crippen LogP contribution in [0.3, 0.4) is 0 Å². The average Bonchev–Trinajstić information content (AvgIpc) is 3.42. The molecule has 3 heterocycles. The summed E-state index contributed by atoms with van der Waals surface area (Å²) >= 11 is 6.60. The molecule has 6 atom stereocenters. The van der Waals surface area contributed by atoms with Gasteiger partial charge in [0.2, 0.25) is 5.91 Å². The van der Waals surface area contributed by atoms with E-state index in [2.05, 4.69) is 13.2 Å². The molecule has 1 spiro atoms. The van der Waals surface area contributed by atoms with Gasteiger partial charge in [-0.1, -0.05) is 42.8 Å². The first kappa shape index (κ1) is 30.3. The summed E-state index contributed by atoms with van der Waals surface area (Å²) in [4.78, 5) is 45.4. The lowest BCUT2D eigenvalue weighted by molar-refractivity contribution is -0.161. The number of para-hydroxylation sites is 1. The van der Waals surface area contributed by atoms with E-state index in [0.717, 1.165) is 18.4 Å². The minimum atomic E-state index is -1.21. The number of allylic oxidation sites excluding steroid dienone is 1. The third-order valence-electron chi connectivity index (χ3n) is 8.94. The molecule has 3 fully saturated rings. The number of unbranched alkanes of at least 4 members (excludes halogenated alkanes) is 2. The van der Waals surface area contributed by atoms with Crippen molar-refractivity contribution in [1.82, 2.24) is 4.90 Å². The molecule has 0 aromatic heterocycles. The van der Waals surface area contributed by atoms with Gasteiger partial charge in [0.15, 0.2) is 0 Å². The molecule has 1 N–H and O–H groups in total. The zero-order valence-corrected chi connectivity index (χ0v) is 24.5. The summed E-state index contributed by atoms with van der Waals surface area (Å²) < 4.78 is 12.5. The van der Waals surface area contributed by atoms with Crippen LogP contribution in [0.5, 0.6) is 0 Å². The minimum Gasteiger partial charge on any atom is -0.465 e. The molecule has 3 aliphatic heterocycles. The molecule has 4 rings (SSSR count). The van der Waals surface area contributed by atoms with Crippen LogP contribution in [-0.2, 0) is 23.9 Å². The van der Waals surface area contributed by atoms with Crippen molar-refractivity contribution in [3.63, 3.8) is 0 Å². The Labute approximate surface area is 241 Å². The molecule has 8 nitrogen and oxygen atoms in total. The van der Waals surface area contributed by atoms with Gasteiger partial charge in [-0.15, -0.1) is 13.2 Å². The van der Waals surface area contributed by atoms with Crippen LogP contribution >= 0.6 is 11.6 Å². The molecule has 2 amide bonds. The number of hydrogen-bond donors (Lipinski definition) is 1. The number of aliphatic hydroxyl groups is 1. The summed E-state index contributed by atoms with van der Waals surface area (Å²) in [7, 11) is 0. The van der Waals surface area contributed by atoms with Crippen LogP contribution in [0.4, 0.5) is 5.69 Å². The first-order valence-electron chi connectivity index (χ1n) is 14.2. The van der Waals surface area contributed by atoms with Crippen LogP contribution in [0, 0.1) is 24.7 Å². The second-order valence-corrected chi connectivity index (χ2v) is 11.8. The fourth-order valence-electron chi connectivity index (χ4n) is 7.04. The Kier molecular flexibility index (Phi) is 9.12. The van der Waals surface area contributed by atoms with E-state index in [1.54, 1.807) is 17.0 Å². The van der Waals surface area contributed by atoms with E-state index >= 15 is 0 Å². The smallest absolute Gasteiger partial charge is 0.312 e. The van der Waals surface area contributed by atoms with Crippen molar-refractivity contribution in [2.45, 2.75) is 70.1 Å². The molecule has 3 aliphatic rings. The number of likely N-dealkylation sites (tertiary alicyclic amines) is 1. The van der Waals surface area contributed by atoms with Gasteiger partial charge in [-0.2, -0.15) is 0 Å². The molecule has 9 heteroatoms. The number of hydrogen-bond acceptors (Lipinski definition) is 6. The fraction of sp³-hybridized carbons (Fsp3) is 0.581. The Balaban J connectivity index is 1.75. The summed E-state index contributed by atoms with van der Waals surface area (Å²) in [6.07, 6.45) is 6.55. The van der Waals surface area contributed by atoms with Gasteiger partial charge >= 0.3 is 5.97 Å². The highest BCUT2D eigenvalue weighted by atomic mass is 35.5. The predicted molar refractivity (Wildman–Crippen MR) is 154 cm³/mol. The number of amides is 2. The van der Waals surface area contributed by atoms with Gasteiger partial charge in [0, 0.05) is 19.7 Å². The van der Waals surface area contributed by atoms with Crippen molar-refractivity contribution in [3.05, 3.63) is 54.1 Å². The number of esters is 1. The predicted octanol–water partition coefficient (Wildman–Crippen LogP) is 4.46. The van der Waals surface area contributed by atoms with Crippen LogP contribution < -0.4 is 4.90 Å². The van der Waals surface area contributed by atoms with Crippen molar-refractivity contribution in [2.24, 2.45) is 17.8 Å². The Morgan fingerprint density at radius 3 is 2.67 bits per heavy atom. The summed E-state index contributed by atoms with van der Waals surface area (Å²) in [5, 5.41) is 10.0. The number of ether oxygens (including phenoxy) is 2. The van der Waals surface area contributed by atoms with Crippen molar-refractivity contribution in [3.8, 4) is 0 Å². The Morgan fingerprint density at radius 1 is 1.27 bits per heavy atom. The average molecular weight is 573 g/mol. The lowest BCUT2D eigenvalue weighted by Gasteiger charge is -2.37. The number of nitrogens with zero attached hydrogens (tertiary/aromatic N) is 2. The van der Waals surface area contributed by atoms with Gasteiger partial charge in [0.25, 0.3) is 5.91 Å². The topological polar surface area (TPSA) is 96.4 Å². The maximum absolute atomic E-state index is 14.6. The largest absolute Gasteiger partial charge is 0.465 e. The van der Waals surface area contributed by atoms with E-state index in [0.29, 0.717) is 23.6 Å². The van der Waals surface area contributed by atoms with Crippen LogP contribution in [0.2, 0.25) is 5.02 Å². The number of carbonyl (C=O) groups is 3. The van der Waals surface area contributed by atoms with Crippen molar-refractivity contribution < 1.29 is 29.0 Å². The number of benzene rings is 1. The molecule has 218 valence electrons. The van der Waals surface area contributed by atoms with Crippen molar-refractivity contribution in [2.75, 3.05) is 31.2 Å². The molecular formula is C31H41ClN2O6. The van der Waals surface area contributed by atoms with Gasteiger partial charge in [-0.3, -0.25) is 14.4 Å². The van der Waals surface area contributed by atoms with E-state index in [4.69, 9.17) is 21.1 Å². The van der Waals surface area contributed by atoms with Crippen LogP contribution in [0.15, 0.2) is 43.5 Å². The highest BCUT2D eigenvalue weighted by Gasteiger charge is 2.80. The molecule has 1 aromatic carbocycles. The Bertz CT molecular complexity index is 1150. The van der Waals surface area contributed by atoms with Gasteiger partial charge in [0.1, 0.15) is 17.6 Å². The number of fused-ring (bicyclic) bond motifs is 1. The third-order valence-corrected chi connectivity index (χ3v) is 9.25. The van der Waals surface area contributed by atoms with Gasteiger partial charge < -0.3 is 24.4 Å². The van der Waals surface area contributed by atoms with Crippen LogP contribution in [0.25, 0.3) is 0 Å². The number of halogens is 1.